The highest BCUT2D eigenvalue weighted by Crippen LogP contribution is 2.22. The van der Waals surface area contributed by atoms with Crippen molar-refractivity contribution in [2.75, 3.05) is 25.0 Å². The summed E-state index contributed by atoms with van der Waals surface area (Å²) in [5.74, 6) is 0.499. The number of carbonyl (C=O) groups is 1. The van der Waals surface area contributed by atoms with Crippen molar-refractivity contribution in [1.82, 2.24) is 14.7 Å². The van der Waals surface area contributed by atoms with E-state index in [2.05, 4.69) is 10.4 Å². The highest BCUT2D eigenvalue weighted by molar-refractivity contribution is 5.89. The van der Waals surface area contributed by atoms with Gasteiger partial charge in [0.25, 0.3) is 0 Å². The summed E-state index contributed by atoms with van der Waals surface area (Å²) in [7, 11) is 1.93. The number of ether oxygens (including phenoxy) is 1. The van der Waals surface area contributed by atoms with Gasteiger partial charge in [0.05, 0.1) is 12.8 Å². The van der Waals surface area contributed by atoms with Crippen molar-refractivity contribution in [1.29, 1.82) is 0 Å². The molecule has 1 saturated heterocycles. The fourth-order valence-electron chi connectivity index (χ4n) is 3.26. The molecule has 25 heavy (non-hydrogen) atoms. The van der Waals surface area contributed by atoms with Crippen molar-refractivity contribution in [3.05, 3.63) is 47.8 Å². The number of urea groups is 1. The normalized spacial score (nSPS) is 17.0. The van der Waals surface area contributed by atoms with Crippen molar-refractivity contribution in [2.45, 2.75) is 26.4 Å². The second kappa shape index (κ2) is 8.16. The third-order valence-corrected chi connectivity index (χ3v) is 4.51. The lowest BCUT2D eigenvalue weighted by Crippen LogP contribution is -2.33. The predicted octanol–water partition coefficient (Wildman–Crippen LogP) is 3.05. The summed E-state index contributed by atoms with van der Waals surface area (Å²) in [6, 6.07) is 7.81. The molecule has 2 aromatic rings. The van der Waals surface area contributed by atoms with Crippen molar-refractivity contribution in [3.8, 4) is 0 Å². The van der Waals surface area contributed by atoms with E-state index in [1.807, 2.05) is 60.2 Å². The SMILES string of the molecule is CCOCc1cccc(NC(=O)N2CCC(Cc3cnn(C)c3)C2)c1. The minimum Gasteiger partial charge on any atom is -0.377 e. The summed E-state index contributed by atoms with van der Waals surface area (Å²) >= 11 is 0. The quantitative estimate of drug-likeness (QED) is 0.878. The van der Waals surface area contributed by atoms with Gasteiger partial charge in [0.1, 0.15) is 0 Å². The van der Waals surface area contributed by atoms with E-state index in [0.717, 1.165) is 37.2 Å². The maximum absolute atomic E-state index is 12.5. The van der Waals surface area contributed by atoms with Gasteiger partial charge in [0.2, 0.25) is 0 Å². The van der Waals surface area contributed by atoms with Crippen LogP contribution in [0.15, 0.2) is 36.7 Å². The lowest BCUT2D eigenvalue weighted by atomic mass is 10.0. The number of amides is 2. The number of aromatic nitrogens is 2. The molecule has 3 rings (SSSR count). The Balaban J connectivity index is 1.52. The van der Waals surface area contributed by atoms with E-state index in [1.165, 1.54) is 5.56 Å². The van der Waals surface area contributed by atoms with Gasteiger partial charge in [-0.25, -0.2) is 4.79 Å². The molecule has 1 aliphatic heterocycles. The molecule has 6 nitrogen and oxygen atoms in total. The first-order chi connectivity index (χ1) is 12.1. The van der Waals surface area contributed by atoms with E-state index < -0.39 is 0 Å². The van der Waals surface area contributed by atoms with Crippen LogP contribution in [0.1, 0.15) is 24.5 Å². The van der Waals surface area contributed by atoms with Gasteiger partial charge in [0.15, 0.2) is 0 Å². The van der Waals surface area contributed by atoms with Gasteiger partial charge in [-0.3, -0.25) is 4.68 Å². The summed E-state index contributed by atoms with van der Waals surface area (Å²) in [5, 5.41) is 7.22. The second-order valence-electron chi connectivity index (χ2n) is 6.59. The van der Waals surface area contributed by atoms with Crippen molar-refractivity contribution < 1.29 is 9.53 Å². The molecule has 1 aromatic heterocycles. The maximum atomic E-state index is 12.5. The fraction of sp³-hybridized carbons (Fsp3) is 0.474. The molecule has 2 heterocycles. The minimum atomic E-state index is -0.0257. The number of hydrogen-bond acceptors (Lipinski definition) is 3. The van der Waals surface area contributed by atoms with Crippen molar-refractivity contribution in [3.63, 3.8) is 0 Å². The third kappa shape index (κ3) is 4.82. The van der Waals surface area contributed by atoms with Crippen LogP contribution >= 0.6 is 0 Å². The van der Waals surface area contributed by atoms with Gasteiger partial charge in [-0.2, -0.15) is 5.10 Å². The van der Waals surface area contributed by atoms with Crippen LogP contribution in [0.5, 0.6) is 0 Å². The number of carbonyl (C=O) groups excluding carboxylic acids is 1. The van der Waals surface area contributed by atoms with Crippen LogP contribution < -0.4 is 5.32 Å². The van der Waals surface area contributed by atoms with Gasteiger partial charge in [0, 0.05) is 38.6 Å². The minimum absolute atomic E-state index is 0.0257. The van der Waals surface area contributed by atoms with Gasteiger partial charge in [-0.1, -0.05) is 12.1 Å². The molecule has 2 amide bonds. The standard InChI is InChI=1S/C19H26N4O2/c1-3-25-14-16-5-4-6-18(10-16)21-19(24)23-8-7-15(13-23)9-17-11-20-22(2)12-17/h4-6,10-12,15H,3,7-9,13-14H2,1-2H3,(H,21,24). The lowest BCUT2D eigenvalue weighted by molar-refractivity contribution is 0.134. The third-order valence-electron chi connectivity index (χ3n) is 4.51. The van der Waals surface area contributed by atoms with Crippen LogP contribution in [0, 0.1) is 5.92 Å². The zero-order chi connectivity index (χ0) is 17.6. The molecule has 0 radical (unpaired) electrons. The Morgan fingerprint density at radius 3 is 3.04 bits per heavy atom. The molecule has 134 valence electrons. The molecular formula is C19H26N4O2. The zero-order valence-electron chi connectivity index (χ0n) is 14.9. The highest BCUT2D eigenvalue weighted by Gasteiger charge is 2.26. The van der Waals surface area contributed by atoms with Gasteiger partial charge < -0.3 is 15.0 Å². The van der Waals surface area contributed by atoms with Crippen LogP contribution in [-0.2, 0) is 24.8 Å². The summed E-state index contributed by atoms with van der Waals surface area (Å²) in [6.07, 6.45) is 5.97. The maximum Gasteiger partial charge on any atom is 0.321 e. The molecule has 1 aliphatic rings. The van der Waals surface area contributed by atoms with Crippen molar-refractivity contribution in [2.24, 2.45) is 13.0 Å². The highest BCUT2D eigenvalue weighted by atomic mass is 16.5. The van der Waals surface area contributed by atoms with E-state index in [1.54, 1.807) is 0 Å². The molecule has 1 aromatic carbocycles. The Morgan fingerprint density at radius 1 is 1.40 bits per heavy atom. The fourth-order valence-corrected chi connectivity index (χ4v) is 3.26. The molecule has 0 aliphatic carbocycles. The van der Waals surface area contributed by atoms with Crippen LogP contribution in [0.3, 0.4) is 0 Å². The molecule has 1 N–H and O–H groups in total. The summed E-state index contributed by atoms with van der Waals surface area (Å²) in [6.45, 7) is 4.81. The number of likely N-dealkylation sites (tertiary alicyclic amines) is 1. The van der Waals surface area contributed by atoms with Crippen LogP contribution in [0.25, 0.3) is 0 Å². The number of anilines is 1. The number of hydrogen-bond donors (Lipinski definition) is 1. The molecule has 1 unspecified atom stereocenters. The molecule has 0 spiro atoms. The molecule has 0 bridgehead atoms. The number of nitrogens with one attached hydrogen (secondary N) is 1. The van der Waals surface area contributed by atoms with Gasteiger partial charge in [-0.15, -0.1) is 0 Å². The summed E-state index contributed by atoms with van der Waals surface area (Å²) < 4.78 is 7.25. The molecule has 1 fully saturated rings. The average molecular weight is 342 g/mol. The molecular weight excluding hydrogens is 316 g/mol. The van der Waals surface area contributed by atoms with E-state index in [0.29, 0.717) is 19.1 Å². The smallest absolute Gasteiger partial charge is 0.321 e. The first kappa shape index (κ1) is 17.5. The van der Waals surface area contributed by atoms with Crippen LogP contribution in [0.4, 0.5) is 10.5 Å². The number of nitrogens with zero attached hydrogens (tertiary/aromatic N) is 3. The number of rotatable bonds is 6. The van der Waals surface area contributed by atoms with Crippen LogP contribution in [-0.4, -0.2) is 40.4 Å². The summed E-state index contributed by atoms with van der Waals surface area (Å²) in [4.78, 5) is 14.4. The monoisotopic (exact) mass is 342 g/mol. The summed E-state index contributed by atoms with van der Waals surface area (Å²) in [5.41, 5.74) is 3.12. The van der Waals surface area contributed by atoms with E-state index in [-0.39, 0.29) is 6.03 Å². The number of aryl methyl sites for hydroxylation is 1. The molecule has 6 heteroatoms. The predicted molar refractivity (Wildman–Crippen MR) is 97.4 cm³/mol. The molecule has 0 saturated carbocycles. The van der Waals surface area contributed by atoms with Gasteiger partial charge in [-0.05, 0) is 48.9 Å². The van der Waals surface area contributed by atoms with Crippen LogP contribution in [0.2, 0.25) is 0 Å². The first-order valence-corrected chi connectivity index (χ1v) is 8.84. The Bertz CT molecular complexity index is 713. The van der Waals surface area contributed by atoms with E-state index in [9.17, 15) is 4.79 Å². The molecule has 1 atom stereocenters. The second-order valence-corrected chi connectivity index (χ2v) is 6.59. The Hall–Kier alpha value is -2.34. The largest absolute Gasteiger partial charge is 0.377 e. The lowest BCUT2D eigenvalue weighted by Gasteiger charge is -2.17. The Morgan fingerprint density at radius 2 is 2.28 bits per heavy atom. The Labute approximate surface area is 148 Å². The Kier molecular flexibility index (Phi) is 5.71. The zero-order valence-corrected chi connectivity index (χ0v) is 14.9. The topological polar surface area (TPSA) is 59.4 Å². The average Bonchev–Trinajstić information content (AvgIpc) is 3.23. The van der Waals surface area contributed by atoms with E-state index in [4.69, 9.17) is 4.74 Å². The first-order valence-electron chi connectivity index (χ1n) is 8.84. The van der Waals surface area contributed by atoms with Crippen molar-refractivity contribution >= 4 is 11.7 Å². The van der Waals surface area contributed by atoms with E-state index >= 15 is 0 Å². The van der Waals surface area contributed by atoms with Gasteiger partial charge >= 0.3 is 6.03 Å². The number of benzene rings is 1.